The standard InChI is InChI=1S/C9H19NS/c1-7(2)8(3)9(4)10-6-11-5/h6-9H,1-5H3/t8-,9?/m1/s1. The van der Waals surface area contributed by atoms with Gasteiger partial charge in [0.1, 0.15) is 0 Å². The van der Waals surface area contributed by atoms with Crippen LogP contribution < -0.4 is 0 Å². The summed E-state index contributed by atoms with van der Waals surface area (Å²) in [6.07, 6.45) is 2.04. The molecule has 0 aliphatic heterocycles. The molecule has 0 spiro atoms. The second-order valence-electron chi connectivity index (χ2n) is 3.33. The predicted octanol–water partition coefficient (Wildman–Crippen LogP) is 3.06. The van der Waals surface area contributed by atoms with Gasteiger partial charge >= 0.3 is 0 Å². The third kappa shape index (κ3) is 4.46. The summed E-state index contributed by atoms with van der Waals surface area (Å²) >= 11 is 1.67. The summed E-state index contributed by atoms with van der Waals surface area (Å²) in [6, 6.07) is 0.461. The van der Waals surface area contributed by atoms with Crippen molar-refractivity contribution in [1.82, 2.24) is 0 Å². The number of hydrogen-bond donors (Lipinski definition) is 0. The minimum Gasteiger partial charge on any atom is -0.283 e. The van der Waals surface area contributed by atoms with Gasteiger partial charge in [-0.3, -0.25) is 4.99 Å². The van der Waals surface area contributed by atoms with E-state index in [4.69, 9.17) is 0 Å². The predicted molar refractivity (Wildman–Crippen MR) is 55.5 cm³/mol. The first kappa shape index (κ1) is 11.0. The van der Waals surface area contributed by atoms with Crippen LogP contribution in [0.4, 0.5) is 0 Å². The van der Waals surface area contributed by atoms with Crippen LogP contribution in [0.5, 0.6) is 0 Å². The van der Waals surface area contributed by atoms with Crippen LogP contribution in [0.15, 0.2) is 4.99 Å². The lowest BCUT2D eigenvalue weighted by Crippen LogP contribution is -2.17. The van der Waals surface area contributed by atoms with Gasteiger partial charge in [-0.15, -0.1) is 11.8 Å². The molecule has 0 bridgehead atoms. The van der Waals surface area contributed by atoms with E-state index in [1.54, 1.807) is 11.8 Å². The Bertz CT molecular complexity index is 121. The van der Waals surface area contributed by atoms with Crippen LogP contribution >= 0.6 is 11.8 Å². The summed E-state index contributed by atoms with van der Waals surface area (Å²) < 4.78 is 0. The largest absolute Gasteiger partial charge is 0.283 e. The van der Waals surface area contributed by atoms with Gasteiger partial charge < -0.3 is 0 Å². The minimum absolute atomic E-state index is 0.461. The highest BCUT2D eigenvalue weighted by Gasteiger charge is 2.13. The number of hydrogen-bond acceptors (Lipinski definition) is 2. The van der Waals surface area contributed by atoms with Gasteiger partial charge in [0, 0.05) is 0 Å². The highest BCUT2D eigenvalue weighted by Crippen LogP contribution is 2.16. The Morgan fingerprint density at radius 2 is 1.73 bits per heavy atom. The zero-order valence-electron chi connectivity index (χ0n) is 8.16. The Kier molecular flexibility index (Phi) is 5.65. The number of nitrogens with zero attached hydrogens (tertiary/aromatic N) is 1. The van der Waals surface area contributed by atoms with Gasteiger partial charge in [-0.05, 0) is 25.0 Å². The average molecular weight is 173 g/mol. The SMILES string of the molecule is CSC=NC(C)[C@H](C)C(C)C. The van der Waals surface area contributed by atoms with Crippen LogP contribution in [0, 0.1) is 11.8 Å². The van der Waals surface area contributed by atoms with Crippen LogP contribution in [0.1, 0.15) is 27.7 Å². The molecule has 0 aliphatic rings. The summed E-state index contributed by atoms with van der Waals surface area (Å²) in [7, 11) is 0. The normalized spacial score (nSPS) is 17.6. The lowest BCUT2D eigenvalue weighted by atomic mass is 9.92. The first-order valence-corrected chi connectivity index (χ1v) is 5.42. The first-order valence-electron chi connectivity index (χ1n) is 4.14. The summed E-state index contributed by atoms with van der Waals surface area (Å²) in [5.41, 5.74) is 1.93. The average Bonchev–Trinajstić information content (AvgIpc) is 1.98. The molecular formula is C9H19NS. The highest BCUT2D eigenvalue weighted by molar-refractivity contribution is 8.11. The van der Waals surface area contributed by atoms with Gasteiger partial charge in [0.25, 0.3) is 0 Å². The molecule has 0 aromatic rings. The van der Waals surface area contributed by atoms with E-state index in [9.17, 15) is 0 Å². The van der Waals surface area contributed by atoms with Gasteiger partial charge in [0.05, 0.1) is 11.6 Å². The molecule has 0 heterocycles. The molecule has 0 aliphatic carbocycles. The van der Waals surface area contributed by atoms with Crippen LogP contribution in [-0.4, -0.2) is 17.8 Å². The molecule has 0 saturated heterocycles. The topological polar surface area (TPSA) is 12.4 Å². The van der Waals surface area contributed by atoms with Crippen molar-refractivity contribution in [3.8, 4) is 0 Å². The molecule has 0 aromatic carbocycles. The maximum Gasteiger partial charge on any atom is 0.0541 e. The van der Waals surface area contributed by atoms with E-state index in [-0.39, 0.29) is 0 Å². The third-order valence-electron chi connectivity index (χ3n) is 2.21. The molecule has 1 unspecified atom stereocenters. The van der Waals surface area contributed by atoms with Crippen LogP contribution in [0.2, 0.25) is 0 Å². The first-order chi connectivity index (χ1) is 5.09. The van der Waals surface area contributed by atoms with Gasteiger partial charge in [-0.1, -0.05) is 20.8 Å². The maximum atomic E-state index is 4.40. The molecule has 11 heavy (non-hydrogen) atoms. The fourth-order valence-electron chi connectivity index (χ4n) is 0.850. The van der Waals surface area contributed by atoms with Crippen molar-refractivity contribution in [2.75, 3.05) is 6.26 Å². The fourth-order valence-corrected chi connectivity index (χ4v) is 1.16. The zero-order valence-corrected chi connectivity index (χ0v) is 8.98. The van der Waals surface area contributed by atoms with Crippen molar-refractivity contribution in [3.63, 3.8) is 0 Å². The van der Waals surface area contributed by atoms with E-state index in [1.165, 1.54) is 0 Å². The monoisotopic (exact) mass is 173 g/mol. The smallest absolute Gasteiger partial charge is 0.0541 e. The fraction of sp³-hybridized carbons (Fsp3) is 0.889. The molecule has 0 rings (SSSR count). The second kappa shape index (κ2) is 5.64. The summed E-state index contributed by atoms with van der Waals surface area (Å²) in [6.45, 7) is 8.93. The lowest BCUT2D eigenvalue weighted by molar-refractivity contribution is 0.365. The van der Waals surface area contributed by atoms with Gasteiger partial charge in [-0.2, -0.15) is 0 Å². The van der Waals surface area contributed by atoms with Crippen LogP contribution in [-0.2, 0) is 0 Å². The van der Waals surface area contributed by atoms with Crippen molar-refractivity contribution >= 4 is 17.3 Å². The Morgan fingerprint density at radius 1 is 1.18 bits per heavy atom. The number of rotatable bonds is 4. The molecule has 0 saturated carbocycles. The van der Waals surface area contributed by atoms with Crippen molar-refractivity contribution in [2.45, 2.75) is 33.7 Å². The molecule has 0 amide bonds. The van der Waals surface area contributed by atoms with Crippen molar-refractivity contribution in [1.29, 1.82) is 0 Å². The quantitative estimate of drug-likeness (QED) is 0.470. The third-order valence-corrected chi connectivity index (χ3v) is 2.55. The van der Waals surface area contributed by atoms with E-state index in [2.05, 4.69) is 32.7 Å². The Labute approximate surface area is 74.7 Å². The van der Waals surface area contributed by atoms with Gasteiger partial charge in [0.15, 0.2) is 0 Å². The van der Waals surface area contributed by atoms with Crippen LogP contribution in [0.25, 0.3) is 0 Å². The molecule has 0 radical (unpaired) electrons. The number of thioether (sulfide) groups is 1. The summed E-state index contributed by atoms with van der Waals surface area (Å²) in [4.78, 5) is 4.40. The van der Waals surface area contributed by atoms with E-state index in [1.807, 2.05) is 11.8 Å². The molecule has 2 heteroatoms. The van der Waals surface area contributed by atoms with E-state index >= 15 is 0 Å². The molecule has 0 N–H and O–H groups in total. The van der Waals surface area contributed by atoms with E-state index in [0.717, 1.165) is 5.92 Å². The maximum absolute atomic E-state index is 4.40. The Hall–Kier alpha value is 0.0200. The number of aliphatic imine (C=N–C) groups is 1. The Morgan fingerprint density at radius 3 is 2.09 bits per heavy atom. The Balaban J connectivity index is 3.81. The van der Waals surface area contributed by atoms with Crippen molar-refractivity contribution in [2.24, 2.45) is 16.8 Å². The van der Waals surface area contributed by atoms with Gasteiger partial charge in [-0.25, -0.2) is 0 Å². The van der Waals surface area contributed by atoms with Gasteiger partial charge in [0.2, 0.25) is 0 Å². The van der Waals surface area contributed by atoms with Crippen molar-refractivity contribution < 1.29 is 0 Å². The minimum atomic E-state index is 0.461. The summed E-state index contributed by atoms with van der Waals surface area (Å²) in [5, 5.41) is 0. The lowest BCUT2D eigenvalue weighted by Gasteiger charge is -2.19. The molecule has 0 fully saturated rings. The molecule has 66 valence electrons. The summed E-state index contributed by atoms with van der Waals surface area (Å²) in [5.74, 6) is 1.41. The highest BCUT2D eigenvalue weighted by atomic mass is 32.2. The second-order valence-corrected chi connectivity index (χ2v) is 4.02. The molecule has 2 atom stereocenters. The van der Waals surface area contributed by atoms with E-state index < -0.39 is 0 Å². The van der Waals surface area contributed by atoms with E-state index in [0.29, 0.717) is 12.0 Å². The molecular weight excluding hydrogens is 154 g/mol. The van der Waals surface area contributed by atoms with Crippen molar-refractivity contribution in [3.05, 3.63) is 0 Å². The molecule has 1 nitrogen and oxygen atoms in total. The zero-order chi connectivity index (χ0) is 8.85. The molecule has 0 aromatic heterocycles. The van der Waals surface area contributed by atoms with Crippen LogP contribution in [0.3, 0.4) is 0 Å².